The lowest BCUT2D eigenvalue weighted by atomic mass is 10.1. The smallest absolute Gasteiger partial charge is 0.333 e. The standard InChI is InChI=1S/C20H33N5O2S/c1-16(2)22-19(26)23-24-20(28)21-10-7-13-27-18-9-6-8-17(14-18)15-25-11-4-3-5-12-25/h6,8-9,14,16H,3-5,7,10-13,15H2,1-2H3,(H2,21,24,28)(H2,22,23,26). The summed E-state index contributed by atoms with van der Waals surface area (Å²) in [7, 11) is 0. The number of nitrogens with one attached hydrogen (secondary N) is 4. The van der Waals surface area contributed by atoms with Crippen molar-refractivity contribution in [2.75, 3.05) is 26.2 Å². The summed E-state index contributed by atoms with van der Waals surface area (Å²) in [6.07, 6.45) is 4.76. The van der Waals surface area contributed by atoms with Crippen molar-refractivity contribution in [2.45, 2.75) is 52.1 Å². The highest BCUT2D eigenvalue weighted by Gasteiger charge is 2.10. The number of hydrogen-bond acceptors (Lipinski definition) is 4. The Morgan fingerprint density at radius 2 is 2.00 bits per heavy atom. The van der Waals surface area contributed by atoms with Crippen LogP contribution in [0.25, 0.3) is 0 Å². The van der Waals surface area contributed by atoms with Gasteiger partial charge in [0, 0.05) is 19.1 Å². The summed E-state index contributed by atoms with van der Waals surface area (Å²) in [5.41, 5.74) is 6.44. The Kier molecular flexibility index (Phi) is 9.85. The molecule has 0 spiro atoms. The quantitative estimate of drug-likeness (QED) is 0.301. The lowest BCUT2D eigenvalue weighted by molar-refractivity contribution is 0.220. The van der Waals surface area contributed by atoms with E-state index in [0.717, 1.165) is 18.7 Å². The van der Waals surface area contributed by atoms with Crippen LogP contribution in [-0.4, -0.2) is 48.3 Å². The van der Waals surface area contributed by atoms with Crippen LogP contribution in [-0.2, 0) is 6.54 Å². The topological polar surface area (TPSA) is 77.7 Å². The lowest BCUT2D eigenvalue weighted by Gasteiger charge is -2.26. The fourth-order valence-corrected chi connectivity index (χ4v) is 3.18. The molecule has 0 unspecified atom stereocenters. The summed E-state index contributed by atoms with van der Waals surface area (Å²) in [5, 5.41) is 6.11. The van der Waals surface area contributed by atoms with Crippen LogP contribution in [0, 0.1) is 0 Å². The second-order valence-corrected chi connectivity index (χ2v) is 7.73. The third-order valence-electron chi connectivity index (χ3n) is 4.34. The number of urea groups is 1. The van der Waals surface area contributed by atoms with Gasteiger partial charge in [-0.15, -0.1) is 0 Å². The summed E-state index contributed by atoms with van der Waals surface area (Å²) in [5.74, 6) is 0.905. The van der Waals surface area contributed by atoms with E-state index in [4.69, 9.17) is 17.0 Å². The van der Waals surface area contributed by atoms with Crippen LogP contribution in [0.1, 0.15) is 45.1 Å². The number of benzene rings is 1. The molecule has 1 aromatic carbocycles. The first-order valence-electron chi connectivity index (χ1n) is 10.1. The van der Waals surface area contributed by atoms with Crippen molar-refractivity contribution in [1.82, 2.24) is 26.4 Å². The van der Waals surface area contributed by atoms with Gasteiger partial charge in [-0.05, 0) is 76.1 Å². The molecule has 0 atom stereocenters. The molecule has 0 saturated carbocycles. The molecule has 1 aliphatic heterocycles. The number of ether oxygens (including phenoxy) is 1. The zero-order chi connectivity index (χ0) is 20.2. The monoisotopic (exact) mass is 407 g/mol. The van der Waals surface area contributed by atoms with E-state index in [-0.39, 0.29) is 12.1 Å². The molecule has 2 amide bonds. The van der Waals surface area contributed by atoms with E-state index in [1.165, 1.54) is 37.9 Å². The number of hydrogen-bond donors (Lipinski definition) is 4. The zero-order valence-electron chi connectivity index (χ0n) is 16.9. The number of likely N-dealkylation sites (tertiary alicyclic amines) is 1. The molecule has 28 heavy (non-hydrogen) atoms. The zero-order valence-corrected chi connectivity index (χ0v) is 17.7. The second kappa shape index (κ2) is 12.4. The van der Waals surface area contributed by atoms with Crippen molar-refractivity contribution in [3.63, 3.8) is 0 Å². The van der Waals surface area contributed by atoms with Gasteiger partial charge in [0.2, 0.25) is 0 Å². The van der Waals surface area contributed by atoms with Crippen LogP contribution in [0.5, 0.6) is 5.75 Å². The minimum Gasteiger partial charge on any atom is -0.494 e. The molecular formula is C20H33N5O2S. The van der Waals surface area contributed by atoms with Crippen molar-refractivity contribution in [2.24, 2.45) is 0 Å². The lowest BCUT2D eigenvalue weighted by Crippen LogP contribution is -2.51. The molecule has 1 saturated heterocycles. The number of carbonyl (C=O) groups excluding carboxylic acids is 1. The number of rotatable bonds is 8. The molecule has 0 bridgehead atoms. The van der Waals surface area contributed by atoms with Crippen LogP contribution in [0.2, 0.25) is 0 Å². The van der Waals surface area contributed by atoms with Crippen molar-refractivity contribution in [1.29, 1.82) is 0 Å². The largest absolute Gasteiger partial charge is 0.494 e. The van der Waals surface area contributed by atoms with E-state index in [9.17, 15) is 4.79 Å². The molecule has 1 fully saturated rings. The van der Waals surface area contributed by atoms with Crippen LogP contribution in [0.15, 0.2) is 24.3 Å². The van der Waals surface area contributed by atoms with Crippen LogP contribution in [0.3, 0.4) is 0 Å². The van der Waals surface area contributed by atoms with Gasteiger partial charge in [-0.1, -0.05) is 18.6 Å². The Morgan fingerprint density at radius 1 is 1.21 bits per heavy atom. The van der Waals surface area contributed by atoms with Gasteiger partial charge in [-0.25, -0.2) is 10.2 Å². The average molecular weight is 408 g/mol. The van der Waals surface area contributed by atoms with Crippen LogP contribution < -0.4 is 26.2 Å². The van der Waals surface area contributed by atoms with E-state index >= 15 is 0 Å². The molecule has 7 nitrogen and oxygen atoms in total. The van der Waals surface area contributed by atoms with Gasteiger partial charge in [0.05, 0.1) is 6.61 Å². The second-order valence-electron chi connectivity index (χ2n) is 7.32. The number of nitrogens with zero attached hydrogens (tertiary/aromatic N) is 1. The van der Waals surface area contributed by atoms with Crippen molar-refractivity contribution < 1.29 is 9.53 Å². The predicted octanol–water partition coefficient (Wildman–Crippen LogP) is 2.53. The van der Waals surface area contributed by atoms with E-state index in [0.29, 0.717) is 18.3 Å². The molecule has 0 aromatic heterocycles. The van der Waals surface area contributed by atoms with E-state index in [1.54, 1.807) is 0 Å². The number of piperidine rings is 1. The van der Waals surface area contributed by atoms with Crippen molar-refractivity contribution >= 4 is 23.4 Å². The maximum Gasteiger partial charge on any atom is 0.333 e. The van der Waals surface area contributed by atoms with Gasteiger partial charge in [-0.3, -0.25) is 10.3 Å². The van der Waals surface area contributed by atoms with Gasteiger partial charge in [0.1, 0.15) is 5.75 Å². The van der Waals surface area contributed by atoms with Gasteiger partial charge in [-0.2, -0.15) is 0 Å². The van der Waals surface area contributed by atoms with E-state index in [2.05, 4.69) is 44.6 Å². The Balaban J connectivity index is 1.58. The van der Waals surface area contributed by atoms with E-state index < -0.39 is 0 Å². The van der Waals surface area contributed by atoms with Crippen molar-refractivity contribution in [3.8, 4) is 5.75 Å². The van der Waals surface area contributed by atoms with E-state index in [1.807, 2.05) is 19.9 Å². The first-order chi connectivity index (χ1) is 13.5. The highest BCUT2D eigenvalue weighted by Crippen LogP contribution is 2.17. The molecular weight excluding hydrogens is 374 g/mol. The number of amides is 2. The Bertz CT molecular complexity index is 620. The third kappa shape index (κ3) is 9.23. The minimum absolute atomic E-state index is 0.0684. The first kappa shape index (κ1) is 22.2. The normalized spacial score (nSPS) is 14.4. The number of hydrazine groups is 1. The minimum atomic E-state index is -0.313. The Hall–Kier alpha value is -2.06. The number of carbonyl (C=O) groups is 1. The van der Waals surface area contributed by atoms with Crippen molar-refractivity contribution in [3.05, 3.63) is 29.8 Å². The summed E-state index contributed by atoms with van der Waals surface area (Å²) in [6, 6.07) is 8.10. The van der Waals surface area contributed by atoms with Gasteiger partial charge < -0.3 is 15.4 Å². The fourth-order valence-electron chi connectivity index (χ4n) is 3.03. The summed E-state index contributed by atoms with van der Waals surface area (Å²) < 4.78 is 5.86. The highest BCUT2D eigenvalue weighted by atomic mass is 32.1. The number of thiocarbonyl (C=S) groups is 1. The molecule has 4 N–H and O–H groups in total. The molecule has 1 aliphatic rings. The Morgan fingerprint density at radius 3 is 2.75 bits per heavy atom. The molecule has 1 heterocycles. The van der Waals surface area contributed by atoms with Gasteiger partial charge >= 0.3 is 6.03 Å². The summed E-state index contributed by atoms with van der Waals surface area (Å²) in [4.78, 5) is 14.0. The van der Waals surface area contributed by atoms with Crippen LogP contribution in [0.4, 0.5) is 4.79 Å². The molecule has 2 rings (SSSR count). The maximum atomic E-state index is 11.4. The fraction of sp³-hybridized carbons (Fsp3) is 0.600. The van der Waals surface area contributed by atoms with Crippen LogP contribution >= 0.6 is 12.2 Å². The molecule has 0 aliphatic carbocycles. The first-order valence-corrected chi connectivity index (χ1v) is 10.5. The molecule has 0 radical (unpaired) electrons. The maximum absolute atomic E-state index is 11.4. The molecule has 156 valence electrons. The summed E-state index contributed by atoms with van der Waals surface area (Å²) >= 11 is 5.11. The highest BCUT2D eigenvalue weighted by molar-refractivity contribution is 7.80. The molecule has 8 heteroatoms. The summed E-state index contributed by atoms with van der Waals surface area (Å²) in [6.45, 7) is 8.42. The van der Waals surface area contributed by atoms with Gasteiger partial charge in [0.25, 0.3) is 0 Å². The predicted molar refractivity (Wildman–Crippen MR) is 116 cm³/mol. The third-order valence-corrected chi connectivity index (χ3v) is 4.58. The molecule has 1 aromatic rings. The average Bonchev–Trinajstić information content (AvgIpc) is 2.67. The SMILES string of the molecule is CC(C)NC(=O)NNC(=S)NCCCOc1cccc(CN2CCCCC2)c1. The van der Waals surface area contributed by atoms with Gasteiger partial charge in [0.15, 0.2) is 5.11 Å². The Labute approximate surface area is 173 Å².